The number of para-hydroxylation sites is 1. The Kier molecular flexibility index (Phi) is 4.49. The largest absolute Gasteiger partial charge is 0.419 e. The first-order chi connectivity index (χ1) is 11.9. The predicted octanol–water partition coefficient (Wildman–Crippen LogP) is 2.70. The Bertz CT molecular complexity index is 847. The van der Waals surface area contributed by atoms with Crippen LogP contribution in [0.4, 0.5) is 0 Å². The number of aromatic nitrogens is 1. The highest BCUT2D eigenvalue weighted by atomic mass is 16.5. The number of amides is 1. The van der Waals surface area contributed by atoms with Gasteiger partial charge in [-0.1, -0.05) is 26.8 Å². The number of nitrogens with one attached hydrogen (secondary N) is 1. The van der Waals surface area contributed by atoms with Crippen LogP contribution in [-0.4, -0.2) is 29.7 Å². The summed E-state index contributed by atoms with van der Waals surface area (Å²) in [6.07, 6.45) is 2.00. The summed E-state index contributed by atoms with van der Waals surface area (Å²) < 4.78 is 12.4. The molecular weight excluding hydrogens is 320 g/mol. The number of benzene rings is 1. The van der Waals surface area contributed by atoms with Crippen molar-refractivity contribution in [3.63, 3.8) is 0 Å². The summed E-state index contributed by atoms with van der Waals surface area (Å²) in [6, 6.07) is 5.26. The third kappa shape index (κ3) is 2.42. The minimum atomic E-state index is -0.469. The maximum atomic E-state index is 12.9. The van der Waals surface area contributed by atoms with E-state index in [2.05, 4.69) is 26.1 Å². The Labute approximate surface area is 147 Å². The first-order valence-corrected chi connectivity index (χ1v) is 8.83. The number of aryl methyl sites for hydroxylation is 1. The molecule has 136 valence electrons. The first-order valence-electron chi connectivity index (χ1n) is 8.83. The summed E-state index contributed by atoms with van der Waals surface area (Å²) in [5.41, 5.74) is 1.28. The van der Waals surface area contributed by atoms with Crippen molar-refractivity contribution in [1.82, 2.24) is 9.88 Å². The van der Waals surface area contributed by atoms with Crippen LogP contribution in [-0.2, 0) is 11.8 Å². The maximum absolute atomic E-state index is 12.9. The Balaban J connectivity index is 1.93. The van der Waals surface area contributed by atoms with Crippen LogP contribution < -0.4 is 11.1 Å². The van der Waals surface area contributed by atoms with Gasteiger partial charge in [0.25, 0.3) is 5.91 Å². The van der Waals surface area contributed by atoms with Crippen LogP contribution >= 0.6 is 0 Å². The first kappa shape index (κ1) is 17.7. The Morgan fingerprint density at radius 3 is 2.64 bits per heavy atom. The van der Waals surface area contributed by atoms with E-state index in [0.717, 1.165) is 12.8 Å². The molecule has 1 aromatic carbocycles. The van der Waals surface area contributed by atoms with E-state index in [9.17, 15) is 9.59 Å². The molecule has 1 amide bonds. The number of fused-ring (bicyclic) bond motifs is 1. The van der Waals surface area contributed by atoms with Crippen LogP contribution in [0.25, 0.3) is 11.1 Å². The number of methoxy groups -OCH3 is 1. The topological polar surface area (TPSA) is 73.5 Å². The molecule has 0 radical (unpaired) electrons. The molecule has 0 spiro atoms. The third-order valence-corrected chi connectivity index (χ3v) is 6.11. The van der Waals surface area contributed by atoms with Crippen molar-refractivity contribution < 1.29 is 13.9 Å². The van der Waals surface area contributed by atoms with Crippen molar-refractivity contribution in [3.05, 3.63) is 34.3 Å². The molecule has 25 heavy (non-hydrogen) atoms. The fourth-order valence-electron chi connectivity index (χ4n) is 4.65. The van der Waals surface area contributed by atoms with Gasteiger partial charge in [-0.2, -0.15) is 0 Å². The standard InChI is InChI=1S/C19H26N2O4/c1-6-19(7-2)15(11(3)16(19)24-5)20-17(22)12-9-8-10-13-14(12)25-18(23)21(13)4/h8-11,15-16H,6-7H2,1-5H3,(H,20,22)/t11-,15+,16-/m0/s1. The summed E-state index contributed by atoms with van der Waals surface area (Å²) in [5, 5.41) is 3.17. The van der Waals surface area contributed by atoms with Crippen molar-refractivity contribution in [2.45, 2.75) is 45.8 Å². The number of rotatable bonds is 5. The lowest BCUT2D eigenvalue weighted by Crippen LogP contribution is -2.69. The van der Waals surface area contributed by atoms with Gasteiger partial charge in [-0.15, -0.1) is 0 Å². The predicted molar refractivity (Wildman–Crippen MR) is 95.7 cm³/mol. The van der Waals surface area contributed by atoms with Gasteiger partial charge in [0.1, 0.15) is 0 Å². The average molecular weight is 346 g/mol. The number of nitrogens with zero attached hydrogens (tertiary/aromatic N) is 1. The fourth-order valence-corrected chi connectivity index (χ4v) is 4.65. The van der Waals surface area contributed by atoms with Gasteiger partial charge in [-0.25, -0.2) is 4.79 Å². The summed E-state index contributed by atoms with van der Waals surface area (Å²) in [4.78, 5) is 24.7. The van der Waals surface area contributed by atoms with Crippen LogP contribution in [0.5, 0.6) is 0 Å². The Morgan fingerprint density at radius 2 is 2.04 bits per heavy atom. The lowest BCUT2D eigenvalue weighted by atomic mass is 9.53. The van der Waals surface area contributed by atoms with E-state index in [1.165, 1.54) is 4.57 Å². The molecule has 2 aromatic rings. The SMILES string of the molecule is CCC1(CC)[C@H](NC(=O)c2cccc3c2oc(=O)n3C)[C@H](C)[C@@H]1OC. The third-order valence-electron chi connectivity index (χ3n) is 6.11. The Morgan fingerprint density at radius 1 is 1.36 bits per heavy atom. The van der Waals surface area contributed by atoms with E-state index >= 15 is 0 Å². The molecule has 0 aliphatic heterocycles. The molecule has 1 aliphatic carbocycles. The smallest absolute Gasteiger partial charge is 0.407 e. The molecule has 1 aliphatic rings. The van der Waals surface area contributed by atoms with Gasteiger partial charge in [-0.05, 0) is 25.0 Å². The van der Waals surface area contributed by atoms with Crippen LogP contribution in [0, 0.1) is 11.3 Å². The lowest BCUT2D eigenvalue weighted by molar-refractivity contribution is -0.164. The summed E-state index contributed by atoms with van der Waals surface area (Å²) in [7, 11) is 3.37. The van der Waals surface area contributed by atoms with E-state index in [-0.39, 0.29) is 29.4 Å². The van der Waals surface area contributed by atoms with Gasteiger partial charge in [0.05, 0.1) is 17.2 Å². The zero-order valence-corrected chi connectivity index (χ0v) is 15.5. The van der Waals surface area contributed by atoms with Gasteiger partial charge in [-0.3, -0.25) is 9.36 Å². The van der Waals surface area contributed by atoms with E-state index in [0.29, 0.717) is 16.7 Å². The van der Waals surface area contributed by atoms with Crippen LogP contribution in [0.15, 0.2) is 27.4 Å². The van der Waals surface area contributed by atoms with Crippen molar-refractivity contribution in [2.75, 3.05) is 7.11 Å². The monoisotopic (exact) mass is 346 g/mol. The van der Waals surface area contributed by atoms with Gasteiger partial charge in [0, 0.05) is 31.5 Å². The number of hydrogen-bond donors (Lipinski definition) is 1. The summed E-state index contributed by atoms with van der Waals surface area (Å²) in [6.45, 7) is 6.38. The van der Waals surface area contributed by atoms with E-state index < -0.39 is 5.76 Å². The molecule has 0 unspecified atom stereocenters. The summed E-state index contributed by atoms with van der Waals surface area (Å²) >= 11 is 0. The van der Waals surface area contributed by atoms with Crippen molar-refractivity contribution in [2.24, 2.45) is 18.4 Å². The van der Waals surface area contributed by atoms with E-state index in [1.54, 1.807) is 32.4 Å². The number of hydrogen-bond acceptors (Lipinski definition) is 4. The van der Waals surface area contributed by atoms with E-state index in [1.807, 2.05) is 0 Å². The number of carbonyl (C=O) groups is 1. The van der Waals surface area contributed by atoms with Gasteiger partial charge >= 0.3 is 5.76 Å². The molecule has 1 fully saturated rings. The van der Waals surface area contributed by atoms with Gasteiger partial charge in [0.15, 0.2) is 5.58 Å². The number of oxazole rings is 1. The second kappa shape index (κ2) is 6.33. The normalized spacial score (nSPS) is 24.9. The molecule has 1 aromatic heterocycles. The fraction of sp³-hybridized carbons (Fsp3) is 0.579. The zero-order chi connectivity index (χ0) is 18.4. The summed E-state index contributed by atoms with van der Waals surface area (Å²) in [5.74, 6) is -0.448. The number of carbonyl (C=O) groups excluding carboxylic acids is 1. The van der Waals surface area contributed by atoms with Gasteiger partial charge < -0.3 is 14.5 Å². The molecule has 1 N–H and O–H groups in total. The highest BCUT2D eigenvalue weighted by Crippen LogP contribution is 2.52. The van der Waals surface area contributed by atoms with Crippen LogP contribution in [0.1, 0.15) is 44.0 Å². The second-order valence-electron chi connectivity index (χ2n) is 6.99. The van der Waals surface area contributed by atoms with Crippen LogP contribution in [0.2, 0.25) is 0 Å². The highest BCUT2D eigenvalue weighted by Gasteiger charge is 2.58. The molecule has 3 rings (SSSR count). The minimum Gasteiger partial charge on any atom is -0.407 e. The lowest BCUT2D eigenvalue weighted by Gasteiger charge is -2.59. The number of ether oxygens (including phenoxy) is 1. The molecule has 0 saturated heterocycles. The van der Waals surface area contributed by atoms with Crippen molar-refractivity contribution in [1.29, 1.82) is 0 Å². The van der Waals surface area contributed by atoms with Crippen molar-refractivity contribution >= 4 is 17.0 Å². The molecule has 6 nitrogen and oxygen atoms in total. The quantitative estimate of drug-likeness (QED) is 0.903. The molecule has 0 bridgehead atoms. The second-order valence-corrected chi connectivity index (χ2v) is 6.99. The molecular formula is C19H26N2O4. The molecule has 6 heteroatoms. The average Bonchev–Trinajstić information content (AvgIpc) is 2.91. The zero-order valence-electron chi connectivity index (χ0n) is 15.5. The van der Waals surface area contributed by atoms with Crippen molar-refractivity contribution in [3.8, 4) is 0 Å². The van der Waals surface area contributed by atoms with Gasteiger partial charge in [0.2, 0.25) is 0 Å². The Hall–Kier alpha value is -2.08. The molecule has 1 heterocycles. The maximum Gasteiger partial charge on any atom is 0.419 e. The van der Waals surface area contributed by atoms with E-state index in [4.69, 9.17) is 9.15 Å². The highest BCUT2D eigenvalue weighted by molar-refractivity contribution is 6.04. The van der Waals surface area contributed by atoms with Crippen LogP contribution in [0.3, 0.4) is 0 Å². The minimum absolute atomic E-state index is 0.0330. The molecule has 1 saturated carbocycles. The molecule has 3 atom stereocenters.